The Kier molecular flexibility index (Phi) is 4.00. The van der Waals surface area contributed by atoms with Crippen molar-refractivity contribution >= 4 is 26.4 Å². The van der Waals surface area contributed by atoms with E-state index in [9.17, 15) is 8.42 Å². The quantitative estimate of drug-likeness (QED) is 0.764. The van der Waals surface area contributed by atoms with E-state index in [0.29, 0.717) is 15.5 Å². The molecule has 0 spiro atoms. The van der Waals surface area contributed by atoms with Crippen LogP contribution < -0.4 is 4.72 Å². The lowest BCUT2D eigenvalue weighted by atomic mass is 10.0. The Morgan fingerprint density at radius 3 is 2.36 bits per heavy atom. The Balaban J connectivity index is 2.14. The number of sulfonamides is 1. The fourth-order valence-electron chi connectivity index (χ4n) is 2.37. The second kappa shape index (κ2) is 5.94. The average molecular weight is 329 g/mol. The van der Waals surface area contributed by atoms with Crippen LogP contribution in [-0.2, 0) is 10.0 Å². The van der Waals surface area contributed by atoms with Crippen molar-refractivity contribution in [2.75, 3.05) is 4.72 Å². The monoisotopic (exact) mass is 329 g/mol. The first-order chi connectivity index (χ1) is 10.6. The van der Waals surface area contributed by atoms with Crippen molar-refractivity contribution in [2.24, 2.45) is 0 Å². The van der Waals surface area contributed by atoms with E-state index >= 15 is 0 Å². The third-order valence-electron chi connectivity index (χ3n) is 3.32. The normalized spacial score (nSPS) is 11.3. The van der Waals surface area contributed by atoms with Gasteiger partial charge in [0.2, 0.25) is 0 Å². The van der Waals surface area contributed by atoms with E-state index in [2.05, 4.69) is 4.72 Å². The second-order valence-corrected chi connectivity index (χ2v) is 7.47. The molecule has 0 aliphatic rings. The molecule has 0 radical (unpaired) electrons. The summed E-state index contributed by atoms with van der Waals surface area (Å²) in [6.07, 6.45) is 0. The lowest BCUT2D eigenvalue weighted by Crippen LogP contribution is -2.14. The molecule has 0 aliphatic heterocycles. The molecular formula is C17H15NO2S2. The smallest absolute Gasteiger partial charge is 0.263 e. The maximum Gasteiger partial charge on any atom is 0.263 e. The third kappa shape index (κ3) is 2.91. The number of anilines is 1. The molecule has 1 heterocycles. The minimum atomic E-state index is -3.63. The van der Waals surface area contributed by atoms with Gasteiger partial charge in [0.25, 0.3) is 10.0 Å². The van der Waals surface area contributed by atoms with E-state index in [0.717, 1.165) is 11.1 Å². The van der Waals surface area contributed by atoms with Gasteiger partial charge in [0, 0.05) is 5.56 Å². The van der Waals surface area contributed by atoms with Crippen LogP contribution in [0.3, 0.4) is 0 Å². The fraction of sp³-hybridized carbons (Fsp3) is 0.0588. The molecule has 0 saturated heterocycles. The first-order valence-electron chi connectivity index (χ1n) is 6.79. The highest BCUT2D eigenvalue weighted by Gasteiger charge is 2.22. The SMILES string of the molecule is Cc1cccc(-c2ccccc2)c1S(=O)(=O)Nc1cccs1. The van der Waals surface area contributed by atoms with E-state index in [1.807, 2.05) is 66.9 Å². The van der Waals surface area contributed by atoms with Crippen molar-refractivity contribution in [3.63, 3.8) is 0 Å². The Morgan fingerprint density at radius 1 is 0.909 bits per heavy atom. The van der Waals surface area contributed by atoms with Gasteiger partial charge in [-0.15, -0.1) is 11.3 Å². The van der Waals surface area contributed by atoms with Crippen LogP contribution in [0.25, 0.3) is 11.1 Å². The summed E-state index contributed by atoms with van der Waals surface area (Å²) in [7, 11) is -3.63. The van der Waals surface area contributed by atoms with Gasteiger partial charge in [-0.05, 0) is 35.6 Å². The van der Waals surface area contributed by atoms with Crippen LogP contribution in [0.1, 0.15) is 5.56 Å². The number of thiophene rings is 1. The number of benzene rings is 2. The maximum absolute atomic E-state index is 12.8. The standard InChI is InChI=1S/C17H15NO2S2/c1-13-7-5-10-15(14-8-3-2-4-9-14)17(13)22(19,20)18-16-11-6-12-21-16/h2-12,18H,1H3. The van der Waals surface area contributed by atoms with E-state index in [1.54, 1.807) is 6.07 Å². The Labute approximate surface area is 134 Å². The Morgan fingerprint density at radius 2 is 1.68 bits per heavy atom. The summed E-state index contributed by atoms with van der Waals surface area (Å²) in [5.41, 5.74) is 2.33. The summed E-state index contributed by atoms with van der Waals surface area (Å²) in [5.74, 6) is 0. The molecule has 5 heteroatoms. The van der Waals surface area contributed by atoms with E-state index < -0.39 is 10.0 Å². The van der Waals surface area contributed by atoms with Crippen molar-refractivity contribution < 1.29 is 8.42 Å². The minimum Gasteiger partial charge on any atom is -0.270 e. The van der Waals surface area contributed by atoms with Crippen LogP contribution in [0.15, 0.2) is 70.9 Å². The van der Waals surface area contributed by atoms with Gasteiger partial charge in [0.1, 0.15) is 5.00 Å². The second-order valence-electron chi connectivity index (χ2n) is 4.90. The molecule has 3 aromatic rings. The van der Waals surface area contributed by atoms with E-state index in [4.69, 9.17) is 0 Å². The molecule has 0 bridgehead atoms. The zero-order chi connectivity index (χ0) is 15.6. The van der Waals surface area contributed by atoms with Crippen molar-refractivity contribution in [1.29, 1.82) is 0 Å². The predicted molar refractivity (Wildman–Crippen MR) is 91.7 cm³/mol. The van der Waals surface area contributed by atoms with Crippen LogP contribution in [0, 0.1) is 6.92 Å². The van der Waals surface area contributed by atoms with Gasteiger partial charge in [0.05, 0.1) is 4.90 Å². The maximum atomic E-state index is 12.8. The first-order valence-corrected chi connectivity index (χ1v) is 9.15. The molecule has 3 nitrogen and oxygen atoms in total. The molecule has 3 rings (SSSR count). The lowest BCUT2D eigenvalue weighted by Gasteiger charge is -2.14. The summed E-state index contributed by atoms with van der Waals surface area (Å²) >= 11 is 1.36. The van der Waals surface area contributed by atoms with Gasteiger partial charge in [-0.2, -0.15) is 0 Å². The van der Waals surface area contributed by atoms with Crippen LogP contribution in [0.5, 0.6) is 0 Å². The Bertz CT molecular complexity index is 870. The van der Waals surface area contributed by atoms with E-state index in [-0.39, 0.29) is 0 Å². The molecular weight excluding hydrogens is 314 g/mol. The van der Waals surface area contributed by atoms with Gasteiger partial charge in [-0.1, -0.05) is 48.5 Å². The average Bonchev–Trinajstić information content (AvgIpc) is 3.00. The Hall–Kier alpha value is -2.11. The number of hydrogen-bond acceptors (Lipinski definition) is 3. The molecule has 1 aromatic heterocycles. The molecule has 112 valence electrons. The number of nitrogens with one attached hydrogen (secondary N) is 1. The van der Waals surface area contributed by atoms with Crippen LogP contribution in [-0.4, -0.2) is 8.42 Å². The van der Waals surface area contributed by atoms with Gasteiger partial charge < -0.3 is 0 Å². The summed E-state index contributed by atoms with van der Waals surface area (Å²) in [5, 5.41) is 2.45. The number of hydrogen-bond donors (Lipinski definition) is 1. The number of rotatable bonds is 4. The van der Waals surface area contributed by atoms with Crippen molar-refractivity contribution in [2.45, 2.75) is 11.8 Å². The summed E-state index contributed by atoms with van der Waals surface area (Å²) in [6.45, 7) is 1.81. The molecule has 0 aliphatic carbocycles. The highest BCUT2D eigenvalue weighted by atomic mass is 32.2. The fourth-order valence-corrected chi connectivity index (χ4v) is 4.76. The zero-order valence-corrected chi connectivity index (χ0v) is 13.6. The topological polar surface area (TPSA) is 46.2 Å². The van der Waals surface area contributed by atoms with Crippen molar-refractivity contribution in [1.82, 2.24) is 0 Å². The highest BCUT2D eigenvalue weighted by Crippen LogP contribution is 2.31. The van der Waals surface area contributed by atoms with Crippen LogP contribution in [0.4, 0.5) is 5.00 Å². The molecule has 1 N–H and O–H groups in total. The molecule has 0 amide bonds. The molecule has 0 atom stereocenters. The van der Waals surface area contributed by atoms with Gasteiger partial charge in [-0.25, -0.2) is 8.42 Å². The summed E-state index contributed by atoms with van der Waals surface area (Å²) < 4.78 is 28.3. The molecule has 0 unspecified atom stereocenters. The van der Waals surface area contributed by atoms with Gasteiger partial charge in [-0.3, -0.25) is 4.72 Å². The van der Waals surface area contributed by atoms with Gasteiger partial charge in [0.15, 0.2) is 0 Å². The first kappa shape index (κ1) is 14.8. The van der Waals surface area contributed by atoms with Crippen molar-refractivity contribution in [3.8, 4) is 11.1 Å². The van der Waals surface area contributed by atoms with Crippen LogP contribution >= 0.6 is 11.3 Å². The zero-order valence-electron chi connectivity index (χ0n) is 12.0. The van der Waals surface area contributed by atoms with E-state index in [1.165, 1.54) is 11.3 Å². The van der Waals surface area contributed by atoms with Gasteiger partial charge >= 0.3 is 0 Å². The third-order valence-corrected chi connectivity index (χ3v) is 5.80. The molecule has 0 fully saturated rings. The highest BCUT2D eigenvalue weighted by molar-refractivity contribution is 7.93. The molecule has 2 aromatic carbocycles. The summed E-state index contributed by atoms with van der Waals surface area (Å²) in [6, 6.07) is 18.7. The predicted octanol–water partition coefficient (Wildman–Crippen LogP) is 4.52. The molecule has 0 saturated carbocycles. The molecule has 22 heavy (non-hydrogen) atoms. The lowest BCUT2D eigenvalue weighted by molar-refractivity contribution is 0.601. The van der Waals surface area contributed by atoms with Crippen molar-refractivity contribution in [3.05, 3.63) is 71.6 Å². The van der Waals surface area contributed by atoms with Crippen LogP contribution in [0.2, 0.25) is 0 Å². The number of aryl methyl sites for hydroxylation is 1. The largest absolute Gasteiger partial charge is 0.270 e. The summed E-state index contributed by atoms with van der Waals surface area (Å²) in [4.78, 5) is 0.328. The minimum absolute atomic E-state index is 0.328.